The Morgan fingerprint density at radius 3 is 2.62 bits per heavy atom. The van der Waals surface area contributed by atoms with Crippen LogP contribution in [0.15, 0.2) is 30.6 Å². The normalized spacial score (nSPS) is 12.4. The van der Waals surface area contributed by atoms with Crippen molar-refractivity contribution in [2.75, 3.05) is 11.9 Å². The second-order valence-electron chi connectivity index (χ2n) is 6.96. The Hall–Kier alpha value is -2.28. The monoisotopic (exact) mass is 432 g/mol. The average molecular weight is 433 g/mol. The molecule has 4 rings (SSSR count). The first kappa shape index (κ1) is 23.0. The third-order valence-electron chi connectivity index (χ3n) is 5.05. The van der Waals surface area contributed by atoms with Crippen molar-refractivity contribution in [2.45, 2.75) is 40.3 Å². The highest BCUT2D eigenvalue weighted by molar-refractivity contribution is 5.85. The molecule has 4 heterocycles. The van der Waals surface area contributed by atoms with Gasteiger partial charge in [0.15, 0.2) is 0 Å². The molecular formula is C21H26Cl2N6. The molecule has 0 aliphatic carbocycles. The minimum absolute atomic E-state index is 0. The molecule has 1 aliphatic heterocycles. The van der Waals surface area contributed by atoms with Gasteiger partial charge in [0.2, 0.25) is 5.95 Å². The summed E-state index contributed by atoms with van der Waals surface area (Å²) in [7, 11) is 0. The average Bonchev–Trinajstić information content (AvgIpc) is 2.67. The van der Waals surface area contributed by atoms with Crippen molar-refractivity contribution in [1.29, 1.82) is 0 Å². The topological polar surface area (TPSA) is 75.6 Å². The third kappa shape index (κ3) is 5.01. The Labute approximate surface area is 183 Å². The van der Waals surface area contributed by atoms with Crippen LogP contribution in [0.25, 0.3) is 11.3 Å². The fourth-order valence-corrected chi connectivity index (χ4v) is 3.60. The van der Waals surface area contributed by atoms with E-state index in [9.17, 15) is 0 Å². The molecule has 8 heteroatoms. The standard InChI is InChI=1S/C21H24N6.2ClH/c1-13-4-5-17(15(3)26-13)20-7-9-23-21(27-20)25-12-19-14(2)24-11-16-10-22-8-6-18(16)19;;/h4-5,7,9,11,22H,6,8,10,12H2,1-3H3,(H,23,25,27);2*1H. The smallest absolute Gasteiger partial charge is 0.223 e. The Kier molecular flexibility index (Phi) is 7.90. The van der Waals surface area contributed by atoms with Crippen molar-refractivity contribution in [3.63, 3.8) is 0 Å². The molecule has 2 N–H and O–H groups in total. The molecule has 3 aromatic heterocycles. The lowest BCUT2D eigenvalue weighted by Crippen LogP contribution is -2.26. The van der Waals surface area contributed by atoms with Crippen LogP contribution >= 0.6 is 24.8 Å². The first-order chi connectivity index (χ1) is 13.1. The largest absolute Gasteiger partial charge is 0.350 e. The Morgan fingerprint density at radius 1 is 1.00 bits per heavy atom. The number of nitrogens with one attached hydrogen (secondary N) is 2. The summed E-state index contributed by atoms with van der Waals surface area (Å²) in [5.41, 5.74) is 8.93. The van der Waals surface area contributed by atoms with Crippen LogP contribution in [0.2, 0.25) is 0 Å². The van der Waals surface area contributed by atoms with E-state index < -0.39 is 0 Å². The molecule has 0 spiro atoms. The summed E-state index contributed by atoms with van der Waals surface area (Å²) < 4.78 is 0. The van der Waals surface area contributed by atoms with Crippen LogP contribution in [-0.2, 0) is 19.5 Å². The van der Waals surface area contributed by atoms with Crippen molar-refractivity contribution in [3.8, 4) is 11.3 Å². The van der Waals surface area contributed by atoms with Gasteiger partial charge in [-0.05, 0) is 68.6 Å². The van der Waals surface area contributed by atoms with Gasteiger partial charge in [-0.25, -0.2) is 9.97 Å². The van der Waals surface area contributed by atoms with E-state index in [1.165, 1.54) is 16.7 Å². The molecule has 0 saturated heterocycles. The number of rotatable bonds is 4. The van der Waals surface area contributed by atoms with Gasteiger partial charge in [0, 0.05) is 48.1 Å². The first-order valence-corrected chi connectivity index (χ1v) is 9.30. The molecule has 154 valence electrons. The molecular weight excluding hydrogens is 407 g/mol. The maximum absolute atomic E-state index is 4.70. The number of hydrogen-bond donors (Lipinski definition) is 2. The highest BCUT2D eigenvalue weighted by Crippen LogP contribution is 2.23. The quantitative estimate of drug-likeness (QED) is 0.649. The van der Waals surface area contributed by atoms with E-state index in [1.807, 2.05) is 32.2 Å². The van der Waals surface area contributed by atoms with Gasteiger partial charge >= 0.3 is 0 Å². The van der Waals surface area contributed by atoms with Gasteiger partial charge in [-0.3, -0.25) is 9.97 Å². The molecule has 1 aliphatic rings. The van der Waals surface area contributed by atoms with Crippen molar-refractivity contribution in [2.24, 2.45) is 0 Å². The van der Waals surface area contributed by atoms with Crippen molar-refractivity contribution in [3.05, 3.63) is 64.4 Å². The zero-order valence-electron chi connectivity index (χ0n) is 16.8. The van der Waals surface area contributed by atoms with Crippen LogP contribution in [0.1, 0.15) is 33.8 Å². The number of nitrogens with zero attached hydrogens (tertiary/aromatic N) is 4. The molecule has 0 bridgehead atoms. The Bertz CT molecular complexity index is 993. The van der Waals surface area contributed by atoms with Crippen molar-refractivity contribution >= 4 is 30.8 Å². The Morgan fingerprint density at radius 2 is 1.83 bits per heavy atom. The number of aromatic nitrogens is 4. The summed E-state index contributed by atoms with van der Waals surface area (Å²) in [5.74, 6) is 0.624. The van der Waals surface area contributed by atoms with Crippen LogP contribution in [0.5, 0.6) is 0 Å². The molecule has 0 aromatic carbocycles. The summed E-state index contributed by atoms with van der Waals surface area (Å²) >= 11 is 0. The molecule has 0 amide bonds. The number of hydrogen-bond acceptors (Lipinski definition) is 6. The van der Waals surface area contributed by atoms with E-state index in [1.54, 1.807) is 6.20 Å². The van der Waals surface area contributed by atoms with E-state index in [-0.39, 0.29) is 24.8 Å². The maximum atomic E-state index is 4.70. The molecule has 6 nitrogen and oxygen atoms in total. The summed E-state index contributed by atoms with van der Waals surface area (Å²) in [6.07, 6.45) is 4.81. The maximum Gasteiger partial charge on any atom is 0.223 e. The summed E-state index contributed by atoms with van der Waals surface area (Å²) in [4.78, 5) is 18.2. The highest BCUT2D eigenvalue weighted by atomic mass is 35.5. The predicted molar refractivity (Wildman–Crippen MR) is 121 cm³/mol. The van der Waals surface area contributed by atoms with Gasteiger partial charge in [0.1, 0.15) is 0 Å². The second-order valence-corrected chi connectivity index (χ2v) is 6.96. The van der Waals surface area contributed by atoms with Crippen molar-refractivity contribution < 1.29 is 0 Å². The summed E-state index contributed by atoms with van der Waals surface area (Å²) in [6, 6.07) is 6.00. The van der Waals surface area contributed by atoms with Gasteiger partial charge < -0.3 is 10.6 Å². The number of halogens is 2. The lowest BCUT2D eigenvalue weighted by atomic mass is 9.96. The molecule has 0 saturated carbocycles. The number of fused-ring (bicyclic) bond motifs is 1. The Balaban J connectivity index is 0.00000150. The lowest BCUT2D eigenvalue weighted by molar-refractivity contribution is 0.634. The van der Waals surface area contributed by atoms with Gasteiger partial charge in [-0.1, -0.05) is 0 Å². The van der Waals surface area contributed by atoms with Crippen LogP contribution in [-0.4, -0.2) is 26.5 Å². The highest BCUT2D eigenvalue weighted by Gasteiger charge is 2.16. The van der Waals surface area contributed by atoms with Gasteiger partial charge in [-0.2, -0.15) is 0 Å². The van der Waals surface area contributed by atoms with E-state index in [2.05, 4.69) is 38.6 Å². The fourth-order valence-electron chi connectivity index (χ4n) is 3.60. The summed E-state index contributed by atoms with van der Waals surface area (Å²) in [5, 5.41) is 6.80. The van der Waals surface area contributed by atoms with E-state index in [0.29, 0.717) is 12.5 Å². The SMILES string of the molecule is Cc1ccc(-c2ccnc(NCc3c(C)ncc4c3CCNC4)n2)c(C)n1.Cl.Cl. The number of pyridine rings is 2. The van der Waals surface area contributed by atoms with Crippen molar-refractivity contribution in [1.82, 2.24) is 25.3 Å². The molecule has 0 fully saturated rings. The minimum Gasteiger partial charge on any atom is -0.350 e. The number of anilines is 1. The van der Waals surface area contributed by atoms with Crippen LogP contribution in [0.3, 0.4) is 0 Å². The third-order valence-corrected chi connectivity index (χ3v) is 5.05. The summed E-state index contributed by atoms with van der Waals surface area (Å²) in [6.45, 7) is 8.65. The number of aryl methyl sites for hydroxylation is 3. The molecule has 0 atom stereocenters. The van der Waals surface area contributed by atoms with Crippen LogP contribution in [0, 0.1) is 20.8 Å². The molecule has 29 heavy (non-hydrogen) atoms. The minimum atomic E-state index is 0. The predicted octanol–water partition coefficient (Wildman–Crippen LogP) is 3.96. The first-order valence-electron chi connectivity index (χ1n) is 9.30. The van der Waals surface area contributed by atoms with Crippen LogP contribution < -0.4 is 10.6 Å². The van der Waals surface area contributed by atoms with E-state index in [4.69, 9.17) is 4.98 Å². The molecule has 0 unspecified atom stereocenters. The van der Waals surface area contributed by atoms with E-state index >= 15 is 0 Å². The van der Waals surface area contributed by atoms with Gasteiger partial charge in [0.25, 0.3) is 0 Å². The molecule has 3 aromatic rings. The lowest BCUT2D eigenvalue weighted by Gasteiger charge is -2.21. The molecule has 0 radical (unpaired) electrons. The fraction of sp³-hybridized carbons (Fsp3) is 0.333. The van der Waals surface area contributed by atoms with Crippen LogP contribution in [0.4, 0.5) is 5.95 Å². The van der Waals surface area contributed by atoms with Gasteiger partial charge in [-0.15, -0.1) is 24.8 Å². The zero-order valence-corrected chi connectivity index (χ0v) is 18.5. The zero-order chi connectivity index (χ0) is 18.8. The second kappa shape index (κ2) is 9.96. The van der Waals surface area contributed by atoms with Gasteiger partial charge in [0.05, 0.1) is 5.69 Å². The van der Waals surface area contributed by atoms with E-state index in [0.717, 1.165) is 47.8 Å².